The molecule has 0 amide bonds. The van der Waals surface area contributed by atoms with E-state index in [1.807, 2.05) is 5.41 Å². The van der Waals surface area contributed by atoms with E-state index < -0.39 is 0 Å². The maximum absolute atomic E-state index is 3.59. The van der Waals surface area contributed by atoms with Crippen molar-refractivity contribution in [1.82, 2.24) is 0 Å². The summed E-state index contributed by atoms with van der Waals surface area (Å²) >= 11 is 1.64. The Bertz CT molecular complexity index is 92.6. The first-order chi connectivity index (χ1) is 3.81. The SMILES string of the molecule is C=CS/C=C(/C)CC. The highest BCUT2D eigenvalue weighted by atomic mass is 32.2. The Balaban J connectivity index is 3.40. The van der Waals surface area contributed by atoms with Gasteiger partial charge in [-0.1, -0.05) is 19.1 Å². The zero-order valence-electron chi connectivity index (χ0n) is 5.48. The molecule has 8 heavy (non-hydrogen) atoms. The van der Waals surface area contributed by atoms with Crippen LogP contribution in [-0.4, -0.2) is 0 Å². The van der Waals surface area contributed by atoms with Gasteiger partial charge in [0.2, 0.25) is 0 Å². The van der Waals surface area contributed by atoms with Crippen LogP contribution in [0.3, 0.4) is 0 Å². The van der Waals surface area contributed by atoms with Crippen LogP contribution in [0.1, 0.15) is 20.3 Å². The first kappa shape index (κ1) is 7.83. The van der Waals surface area contributed by atoms with Crippen molar-refractivity contribution in [2.24, 2.45) is 0 Å². The summed E-state index contributed by atoms with van der Waals surface area (Å²) < 4.78 is 0. The van der Waals surface area contributed by atoms with Gasteiger partial charge in [-0.2, -0.15) is 0 Å². The summed E-state index contributed by atoms with van der Waals surface area (Å²) in [6.07, 6.45) is 1.14. The van der Waals surface area contributed by atoms with Crippen molar-refractivity contribution >= 4 is 11.8 Å². The van der Waals surface area contributed by atoms with Gasteiger partial charge in [-0.3, -0.25) is 0 Å². The minimum Gasteiger partial charge on any atom is -0.107 e. The minimum absolute atomic E-state index is 1.14. The Morgan fingerprint density at radius 3 is 2.75 bits per heavy atom. The fourth-order valence-electron chi connectivity index (χ4n) is 0.248. The average Bonchev–Trinajstić information content (AvgIpc) is 1.83. The molecule has 0 aliphatic heterocycles. The lowest BCUT2D eigenvalue weighted by atomic mass is 10.3. The second-order valence-electron chi connectivity index (χ2n) is 1.62. The molecular formula is C7H12S. The molecule has 0 spiro atoms. The first-order valence-electron chi connectivity index (χ1n) is 2.73. The van der Waals surface area contributed by atoms with E-state index in [1.165, 1.54) is 5.57 Å². The molecule has 0 aromatic carbocycles. The molecular weight excluding hydrogens is 116 g/mol. The zero-order chi connectivity index (χ0) is 6.41. The van der Waals surface area contributed by atoms with Crippen LogP contribution in [0.2, 0.25) is 0 Å². The van der Waals surface area contributed by atoms with Crippen molar-refractivity contribution in [1.29, 1.82) is 0 Å². The summed E-state index contributed by atoms with van der Waals surface area (Å²) in [4.78, 5) is 0. The third-order valence-corrected chi connectivity index (χ3v) is 1.65. The zero-order valence-corrected chi connectivity index (χ0v) is 6.29. The lowest BCUT2D eigenvalue weighted by Gasteiger charge is -1.88. The van der Waals surface area contributed by atoms with Gasteiger partial charge in [0.05, 0.1) is 0 Å². The largest absolute Gasteiger partial charge is 0.107 e. The molecule has 0 aromatic rings. The van der Waals surface area contributed by atoms with E-state index in [0.29, 0.717) is 0 Å². The monoisotopic (exact) mass is 128 g/mol. The average molecular weight is 128 g/mol. The third kappa shape index (κ3) is 4.00. The van der Waals surface area contributed by atoms with E-state index in [4.69, 9.17) is 0 Å². The van der Waals surface area contributed by atoms with Gasteiger partial charge in [-0.15, -0.1) is 11.8 Å². The molecule has 0 aliphatic carbocycles. The number of allylic oxidation sites excluding steroid dienone is 1. The molecule has 46 valence electrons. The molecule has 0 saturated carbocycles. The van der Waals surface area contributed by atoms with E-state index in [1.54, 1.807) is 11.8 Å². The van der Waals surface area contributed by atoms with Crippen molar-refractivity contribution in [2.75, 3.05) is 0 Å². The molecule has 0 fully saturated rings. The molecule has 0 aliphatic rings. The summed E-state index contributed by atoms with van der Waals surface area (Å²) in [6, 6.07) is 0. The number of hydrogen-bond donors (Lipinski definition) is 0. The number of hydrogen-bond acceptors (Lipinski definition) is 1. The molecule has 0 atom stereocenters. The quantitative estimate of drug-likeness (QED) is 0.562. The molecule has 0 saturated heterocycles. The molecule has 0 bridgehead atoms. The van der Waals surface area contributed by atoms with Crippen molar-refractivity contribution in [3.8, 4) is 0 Å². The van der Waals surface area contributed by atoms with Crippen LogP contribution in [0.5, 0.6) is 0 Å². The fraction of sp³-hybridized carbons (Fsp3) is 0.429. The smallest absolute Gasteiger partial charge is 0.0259 e. The minimum atomic E-state index is 1.14. The highest BCUT2D eigenvalue weighted by Gasteiger charge is 1.78. The van der Waals surface area contributed by atoms with Crippen LogP contribution >= 0.6 is 11.8 Å². The van der Waals surface area contributed by atoms with Crippen molar-refractivity contribution in [3.05, 3.63) is 23.0 Å². The van der Waals surface area contributed by atoms with Crippen LogP contribution < -0.4 is 0 Å². The van der Waals surface area contributed by atoms with Gasteiger partial charge in [0.1, 0.15) is 0 Å². The molecule has 0 N–H and O–H groups in total. The highest BCUT2D eigenvalue weighted by Crippen LogP contribution is 2.08. The predicted molar refractivity (Wildman–Crippen MR) is 41.8 cm³/mol. The summed E-state index contributed by atoms with van der Waals surface area (Å²) in [6.45, 7) is 7.86. The molecule has 0 radical (unpaired) electrons. The number of rotatable bonds is 3. The summed E-state index contributed by atoms with van der Waals surface area (Å²) in [5, 5.41) is 3.95. The normalized spacial score (nSPS) is 11.5. The van der Waals surface area contributed by atoms with Crippen molar-refractivity contribution < 1.29 is 0 Å². The van der Waals surface area contributed by atoms with E-state index in [2.05, 4.69) is 25.8 Å². The molecule has 1 heteroatoms. The highest BCUT2D eigenvalue weighted by molar-refractivity contribution is 8.04. The summed E-state index contributed by atoms with van der Waals surface area (Å²) in [7, 11) is 0. The van der Waals surface area contributed by atoms with Gasteiger partial charge in [0.15, 0.2) is 0 Å². The topological polar surface area (TPSA) is 0 Å². The second kappa shape index (κ2) is 4.98. The first-order valence-corrected chi connectivity index (χ1v) is 3.67. The Hall–Kier alpha value is -0.170. The Labute approximate surface area is 55.7 Å². The molecule has 0 nitrogen and oxygen atoms in total. The number of thioether (sulfide) groups is 1. The summed E-state index contributed by atoms with van der Waals surface area (Å²) in [5.74, 6) is 0. The molecule has 0 aromatic heterocycles. The predicted octanol–water partition coefficient (Wildman–Crippen LogP) is 3.18. The second-order valence-corrected chi connectivity index (χ2v) is 2.46. The van der Waals surface area contributed by atoms with Gasteiger partial charge < -0.3 is 0 Å². The Morgan fingerprint density at radius 1 is 1.75 bits per heavy atom. The Morgan fingerprint density at radius 2 is 2.38 bits per heavy atom. The van der Waals surface area contributed by atoms with Crippen molar-refractivity contribution in [2.45, 2.75) is 20.3 Å². The van der Waals surface area contributed by atoms with Crippen LogP contribution in [0, 0.1) is 0 Å². The summed E-state index contributed by atoms with van der Waals surface area (Å²) in [5.41, 5.74) is 1.41. The van der Waals surface area contributed by atoms with Gasteiger partial charge in [-0.05, 0) is 24.2 Å². The maximum atomic E-state index is 3.59. The van der Waals surface area contributed by atoms with Gasteiger partial charge in [-0.25, -0.2) is 0 Å². The standard InChI is InChI=1S/C7H12S/c1-4-7(3)6-8-5-2/h5-6H,2,4H2,1,3H3/b7-6-. The lowest BCUT2D eigenvalue weighted by Crippen LogP contribution is -1.64. The molecule has 0 unspecified atom stereocenters. The van der Waals surface area contributed by atoms with Gasteiger partial charge in [0, 0.05) is 0 Å². The molecule has 0 heterocycles. The van der Waals surface area contributed by atoms with Crippen LogP contribution in [0.15, 0.2) is 23.0 Å². The van der Waals surface area contributed by atoms with Gasteiger partial charge >= 0.3 is 0 Å². The maximum Gasteiger partial charge on any atom is -0.0259 e. The van der Waals surface area contributed by atoms with Gasteiger partial charge in [0.25, 0.3) is 0 Å². The van der Waals surface area contributed by atoms with Crippen LogP contribution in [-0.2, 0) is 0 Å². The van der Waals surface area contributed by atoms with E-state index in [-0.39, 0.29) is 0 Å². The lowest BCUT2D eigenvalue weighted by molar-refractivity contribution is 1.11. The Kier molecular flexibility index (Phi) is 4.87. The van der Waals surface area contributed by atoms with Crippen LogP contribution in [0.4, 0.5) is 0 Å². The van der Waals surface area contributed by atoms with E-state index in [0.717, 1.165) is 6.42 Å². The van der Waals surface area contributed by atoms with E-state index in [9.17, 15) is 0 Å². The third-order valence-electron chi connectivity index (χ3n) is 0.923. The van der Waals surface area contributed by atoms with E-state index >= 15 is 0 Å². The van der Waals surface area contributed by atoms with Crippen LogP contribution in [0.25, 0.3) is 0 Å². The van der Waals surface area contributed by atoms with Crippen molar-refractivity contribution in [3.63, 3.8) is 0 Å². The molecule has 0 rings (SSSR count). The fourth-order valence-corrected chi connectivity index (χ4v) is 0.743.